The Morgan fingerprint density at radius 1 is 1.42 bits per heavy atom. The molecule has 19 heavy (non-hydrogen) atoms. The van der Waals surface area contributed by atoms with Crippen LogP contribution in [0.2, 0.25) is 0 Å². The van der Waals surface area contributed by atoms with Crippen molar-refractivity contribution in [2.75, 3.05) is 25.2 Å². The van der Waals surface area contributed by atoms with Crippen molar-refractivity contribution in [3.63, 3.8) is 0 Å². The van der Waals surface area contributed by atoms with Gasteiger partial charge >= 0.3 is 5.97 Å². The number of methoxy groups -OCH3 is 1. The van der Waals surface area contributed by atoms with Crippen LogP contribution in [0.3, 0.4) is 0 Å². The van der Waals surface area contributed by atoms with Crippen molar-refractivity contribution in [3.8, 4) is 0 Å². The predicted molar refractivity (Wildman–Crippen MR) is 77.5 cm³/mol. The number of ether oxygens (including phenoxy) is 1. The molecule has 1 aromatic carbocycles. The van der Waals surface area contributed by atoms with E-state index in [0.29, 0.717) is 12.6 Å². The number of hydrogen-bond donors (Lipinski definition) is 1. The fourth-order valence-corrected chi connectivity index (χ4v) is 2.02. The Morgan fingerprint density at radius 2 is 2.05 bits per heavy atom. The van der Waals surface area contributed by atoms with Gasteiger partial charge in [0.25, 0.3) is 0 Å². The molecule has 0 bridgehead atoms. The molecule has 0 saturated heterocycles. The smallest absolute Gasteiger partial charge is 0.328 e. The molecule has 0 aliphatic heterocycles. The van der Waals surface area contributed by atoms with Gasteiger partial charge in [0.2, 0.25) is 0 Å². The molecule has 1 aromatic rings. The fraction of sp³-hybridized carbons (Fsp3) is 0.400. The summed E-state index contributed by atoms with van der Waals surface area (Å²) in [6.07, 6.45) is 2.72. The maximum Gasteiger partial charge on any atom is 0.328 e. The lowest BCUT2D eigenvalue weighted by molar-refractivity contribution is -0.131. The maximum atomic E-state index is 10.4. The molecule has 0 aliphatic rings. The minimum absolute atomic E-state index is 0.301. The van der Waals surface area contributed by atoms with E-state index >= 15 is 0 Å². The van der Waals surface area contributed by atoms with Crippen LogP contribution in [0.4, 0.5) is 5.69 Å². The molecule has 0 amide bonds. The molecule has 1 atom stereocenters. The van der Waals surface area contributed by atoms with Crippen molar-refractivity contribution >= 4 is 17.7 Å². The maximum absolute atomic E-state index is 10.4. The van der Waals surface area contributed by atoms with Gasteiger partial charge in [-0.15, -0.1) is 0 Å². The Balaban J connectivity index is 2.81. The number of benzene rings is 1. The highest BCUT2D eigenvalue weighted by atomic mass is 16.5. The van der Waals surface area contributed by atoms with Crippen LogP contribution in [-0.4, -0.2) is 37.4 Å². The summed E-state index contributed by atoms with van der Waals surface area (Å²) in [6, 6.07) is 8.12. The lowest BCUT2D eigenvalue weighted by atomic mass is 10.1. The van der Waals surface area contributed by atoms with Gasteiger partial charge in [-0.05, 0) is 37.6 Å². The molecule has 104 valence electrons. The molecule has 0 spiro atoms. The first-order valence-corrected chi connectivity index (χ1v) is 6.35. The normalized spacial score (nSPS) is 12.6. The number of aliphatic carboxylic acids is 1. The van der Waals surface area contributed by atoms with Crippen molar-refractivity contribution in [1.82, 2.24) is 0 Å². The lowest BCUT2D eigenvalue weighted by Gasteiger charge is -2.29. The summed E-state index contributed by atoms with van der Waals surface area (Å²) < 4.78 is 5.18. The number of hydrogen-bond acceptors (Lipinski definition) is 3. The SMILES string of the molecule is CCN(c1ccc(C=CC(=O)O)cc1)C(C)COC. The van der Waals surface area contributed by atoms with E-state index in [1.54, 1.807) is 13.2 Å². The Bertz CT molecular complexity index is 426. The summed E-state index contributed by atoms with van der Waals surface area (Å²) in [5, 5.41) is 8.58. The second kappa shape index (κ2) is 7.59. The van der Waals surface area contributed by atoms with Crippen LogP contribution < -0.4 is 4.90 Å². The van der Waals surface area contributed by atoms with Gasteiger partial charge in [0.05, 0.1) is 6.61 Å². The highest BCUT2D eigenvalue weighted by Gasteiger charge is 2.12. The monoisotopic (exact) mass is 263 g/mol. The summed E-state index contributed by atoms with van der Waals surface area (Å²) in [6.45, 7) is 5.79. The highest BCUT2D eigenvalue weighted by molar-refractivity contribution is 5.85. The topological polar surface area (TPSA) is 49.8 Å². The van der Waals surface area contributed by atoms with Crippen LogP contribution in [0, 0.1) is 0 Å². The van der Waals surface area contributed by atoms with Crippen molar-refractivity contribution in [2.24, 2.45) is 0 Å². The Labute approximate surface area is 114 Å². The molecular weight excluding hydrogens is 242 g/mol. The number of nitrogens with zero attached hydrogens (tertiary/aromatic N) is 1. The van der Waals surface area contributed by atoms with Crippen molar-refractivity contribution in [1.29, 1.82) is 0 Å². The van der Waals surface area contributed by atoms with Crippen LogP contribution in [0.25, 0.3) is 6.08 Å². The van der Waals surface area contributed by atoms with Gasteiger partial charge in [0.1, 0.15) is 0 Å². The summed E-state index contributed by atoms with van der Waals surface area (Å²) in [7, 11) is 1.70. The quantitative estimate of drug-likeness (QED) is 0.768. The largest absolute Gasteiger partial charge is 0.478 e. The second-order valence-corrected chi connectivity index (χ2v) is 4.35. The predicted octanol–water partition coefficient (Wildman–Crippen LogP) is 2.65. The number of rotatable bonds is 7. The van der Waals surface area contributed by atoms with E-state index in [1.807, 2.05) is 24.3 Å². The molecule has 1 rings (SSSR count). The molecule has 0 aromatic heterocycles. The Morgan fingerprint density at radius 3 is 2.53 bits per heavy atom. The number of anilines is 1. The van der Waals surface area contributed by atoms with Crippen LogP contribution >= 0.6 is 0 Å². The van der Waals surface area contributed by atoms with Gasteiger partial charge in [-0.3, -0.25) is 0 Å². The molecular formula is C15H21NO3. The Hall–Kier alpha value is -1.81. The Kier molecular flexibility index (Phi) is 6.09. The van der Waals surface area contributed by atoms with Crippen LogP contribution in [0.5, 0.6) is 0 Å². The first-order valence-electron chi connectivity index (χ1n) is 6.35. The summed E-state index contributed by atoms with van der Waals surface area (Å²) >= 11 is 0. The average Bonchev–Trinajstić information content (AvgIpc) is 2.39. The molecule has 1 N–H and O–H groups in total. The molecule has 0 heterocycles. The zero-order valence-electron chi connectivity index (χ0n) is 11.7. The average molecular weight is 263 g/mol. The van der Waals surface area contributed by atoms with E-state index in [1.165, 1.54) is 0 Å². The van der Waals surface area contributed by atoms with Gasteiger partial charge in [-0.25, -0.2) is 4.79 Å². The van der Waals surface area contributed by atoms with Crippen molar-refractivity contribution < 1.29 is 14.6 Å². The summed E-state index contributed by atoms with van der Waals surface area (Å²) in [4.78, 5) is 12.7. The first kappa shape index (κ1) is 15.2. The number of likely N-dealkylation sites (N-methyl/N-ethyl adjacent to an activating group) is 1. The summed E-state index contributed by atoms with van der Waals surface area (Å²) in [5.74, 6) is -0.937. The zero-order chi connectivity index (χ0) is 14.3. The van der Waals surface area contributed by atoms with Gasteiger partial charge in [0.15, 0.2) is 0 Å². The molecule has 1 unspecified atom stereocenters. The second-order valence-electron chi connectivity index (χ2n) is 4.35. The lowest BCUT2D eigenvalue weighted by Crippen LogP contribution is -2.36. The van der Waals surface area contributed by atoms with Gasteiger partial charge < -0.3 is 14.7 Å². The number of carboxylic acid groups (broad SMARTS) is 1. The van der Waals surface area contributed by atoms with Crippen molar-refractivity contribution in [2.45, 2.75) is 19.9 Å². The fourth-order valence-electron chi connectivity index (χ4n) is 2.02. The third-order valence-corrected chi connectivity index (χ3v) is 2.92. The van der Waals surface area contributed by atoms with Gasteiger partial charge in [-0.2, -0.15) is 0 Å². The molecule has 0 radical (unpaired) electrons. The van der Waals surface area contributed by atoms with Crippen LogP contribution in [0.1, 0.15) is 19.4 Å². The minimum atomic E-state index is -0.937. The molecule has 0 fully saturated rings. The molecule has 0 aliphatic carbocycles. The van der Waals surface area contributed by atoms with E-state index in [-0.39, 0.29) is 0 Å². The van der Waals surface area contributed by atoms with Crippen molar-refractivity contribution in [3.05, 3.63) is 35.9 Å². The molecule has 0 saturated carbocycles. The first-order chi connectivity index (χ1) is 9.08. The third-order valence-electron chi connectivity index (χ3n) is 2.92. The number of carbonyl (C=O) groups is 1. The van der Waals surface area contributed by atoms with E-state index < -0.39 is 5.97 Å². The molecule has 4 nitrogen and oxygen atoms in total. The highest BCUT2D eigenvalue weighted by Crippen LogP contribution is 2.18. The van der Waals surface area contributed by atoms with Gasteiger partial charge in [-0.1, -0.05) is 12.1 Å². The van der Waals surface area contributed by atoms with Crippen LogP contribution in [0.15, 0.2) is 30.3 Å². The van der Waals surface area contributed by atoms with Gasteiger partial charge in [0, 0.05) is 31.5 Å². The zero-order valence-corrected chi connectivity index (χ0v) is 11.7. The number of carboxylic acids is 1. The minimum Gasteiger partial charge on any atom is -0.478 e. The standard InChI is InChI=1S/C15H21NO3/c1-4-16(12(2)11-19-3)14-8-5-13(6-9-14)7-10-15(17)18/h5-10,12H,4,11H2,1-3H3,(H,17,18). The summed E-state index contributed by atoms with van der Waals surface area (Å²) in [5.41, 5.74) is 1.99. The van der Waals surface area contributed by atoms with E-state index in [0.717, 1.165) is 23.9 Å². The van der Waals surface area contributed by atoms with E-state index in [2.05, 4.69) is 18.7 Å². The third kappa shape index (κ3) is 4.75. The van der Waals surface area contributed by atoms with E-state index in [4.69, 9.17) is 9.84 Å². The van der Waals surface area contributed by atoms with Crippen LogP contribution in [-0.2, 0) is 9.53 Å². The van der Waals surface area contributed by atoms with E-state index in [9.17, 15) is 4.79 Å². The molecule has 4 heteroatoms.